The summed E-state index contributed by atoms with van der Waals surface area (Å²) in [5.74, 6) is -0.0177. The molecule has 0 unspecified atom stereocenters. The van der Waals surface area contributed by atoms with Crippen molar-refractivity contribution in [1.82, 2.24) is 19.9 Å². The van der Waals surface area contributed by atoms with Gasteiger partial charge in [-0.2, -0.15) is 0 Å². The van der Waals surface area contributed by atoms with Gasteiger partial charge in [0.15, 0.2) is 0 Å². The van der Waals surface area contributed by atoms with Gasteiger partial charge in [0.25, 0.3) is 5.91 Å². The third-order valence-corrected chi connectivity index (χ3v) is 4.59. The van der Waals surface area contributed by atoms with E-state index in [0.717, 1.165) is 10.8 Å². The number of hydrogen-bond donors (Lipinski definition) is 1. The van der Waals surface area contributed by atoms with Crippen molar-refractivity contribution in [2.75, 3.05) is 20.3 Å². The van der Waals surface area contributed by atoms with Gasteiger partial charge in [-0.1, -0.05) is 0 Å². The Morgan fingerprint density at radius 1 is 1.35 bits per heavy atom. The first-order chi connectivity index (χ1) is 12.6. The highest BCUT2D eigenvalue weighted by Gasteiger charge is 2.19. The molecule has 136 valence electrons. The average molecular weight is 374 g/mol. The van der Waals surface area contributed by atoms with Gasteiger partial charge in [0, 0.05) is 36.4 Å². The van der Waals surface area contributed by atoms with Gasteiger partial charge < -0.3 is 14.6 Å². The Balaban J connectivity index is 1.89. The van der Waals surface area contributed by atoms with Crippen molar-refractivity contribution in [2.24, 2.45) is 0 Å². The molecule has 0 radical (unpaired) electrons. The van der Waals surface area contributed by atoms with Crippen LogP contribution < -0.4 is 0 Å². The van der Waals surface area contributed by atoms with Gasteiger partial charge in [-0.3, -0.25) is 4.79 Å². The summed E-state index contributed by atoms with van der Waals surface area (Å²) in [6.45, 7) is 2.95. The maximum Gasteiger partial charge on any atom is 0.254 e. The zero-order valence-corrected chi connectivity index (χ0v) is 15.3. The first kappa shape index (κ1) is 18.2. The van der Waals surface area contributed by atoms with Crippen molar-refractivity contribution in [2.45, 2.75) is 13.5 Å². The van der Waals surface area contributed by atoms with Gasteiger partial charge >= 0.3 is 0 Å². The molecule has 3 rings (SSSR count). The first-order valence-corrected chi connectivity index (χ1v) is 8.94. The number of ether oxygens (including phenoxy) is 1. The van der Waals surface area contributed by atoms with Crippen LogP contribution in [-0.4, -0.2) is 46.0 Å². The zero-order chi connectivity index (χ0) is 18.5. The van der Waals surface area contributed by atoms with E-state index in [1.807, 2.05) is 12.3 Å². The smallest absolute Gasteiger partial charge is 0.254 e. The summed E-state index contributed by atoms with van der Waals surface area (Å²) in [4.78, 5) is 26.0. The zero-order valence-electron chi connectivity index (χ0n) is 14.5. The minimum Gasteiger partial charge on any atom is -0.383 e. The highest BCUT2D eigenvalue weighted by Crippen LogP contribution is 2.22. The molecular weight excluding hydrogens is 355 g/mol. The first-order valence-electron chi connectivity index (χ1n) is 8.06. The lowest BCUT2D eigenvalue weighted by atomic mass is 10.1. The number of nitrogens with zero attached hydrogens (tertiary/aromatic N) is 3. The molecule has 0 aliphatic rings. The number of methoxy groups -OCH3 is 1. The number of carbonyl (C=O) groups is 1. The molecule has 0 aliphatic carbocycles. The van der Waals surface area contributed by atoms with E-state index in [1.54, 1.807) is 30.5 Å². The molecule has 0 saturated heterocycles. The van der Waals surface area contributed by atoms with E-state index in [9.17, 15) is 9.18 Å². The monoisotopic (exact) mass is 374 g/mol. The van der Waals surface area contributed by atoms with Crippen LogP contribution >= 0.6 is 11.3 Å². The number of aromatic amines is 1. The third kappa shape index (κ3) is 4.33. The Kier molecular flexibility index (Phi) is 5.75. The van der Waals surface area contributed by atoms with Crippen molar-refractivity contribution in [3.8, 4) is 11.3 Å². The number of carbonyl (C=O) groups excluding carboxylic acids is 1. The summed E-state index contributed by atoms with van der Waals surface area (Å²) in [5.41, 5.74) is 1.52. The van der Waals surface area contributed by atoms with Crippen LogP contribution in [0.3, 0.4) is 0 Å². The van der Waals surface area contributed by atoms with E-state index < -0.39 is 5.82 Å². The van der Waals surface area contributed by atoms with Gasteiger partial charge in [-0.05, 0) is 25.1 Å². The van der Waals surface area contributed by atoms with Crippen LogP contribution in [0.5, 0.6) is 0 Å². The predicted molar refractivity (Wildman–Crippen MR) is 97.4 cm³/mol. The molecule has 0 aliphatic heterocycles. The Morgan fingerprint density at radius 3 is 2.85 bits per heavy atom. The minimum atomic E-state index is -0.473. The van der Waals surface area contributed by atoms with E-state index in [0.29, 0.717) is 31.0 Å². The van der Waals surface area contributed by atoms with Crippen molar-refractivity contribution in [3.05, 3.63) is 58.2 Å². The SMILES string of the molecule is COCCN(Cc1nccs1)C(=O)c1cc(F)cc(-c2cnc(C)[nH]2)c1. The summed E-state index contributed by atoms with van der Waals surface area (Å²) in [6.07, 6.45) is 3.32. The normalized spacial score (nSPS) is 10.9. The Labute approximate surface area is 154 Å². The van der Waals surface area contributed by atoms with Crippen molar-refractivity contribution in [3.63, 3.8) is 0 Å². The summed E-state index contributed by atoms with van der Waals surface area (Å²) >= 11 is 1.47. The van der Waals surface area contributed by atoms with Crippen molar-refractivity contribution >= 4 is 17.2 Å². The molecule has 1 N–H and O–H groups in total. The predicted octanol–water partition coefficient (Wildman–Crippen LogP) is 3.27. The fraction of sp³-hybridized carbons (Fsp3) is 0.278. The average Bonchev–Trinajstić information content (AvgIpc) is 3.29. The fourth-order valence-electron chi connectivity index (χ4n) is 2.57. The molecule has 1 amide bonds. The highest BCUT2D eigenvalue weighted by atomic mass is 32.1. The molecule has 0 saturated carbocycles. The second-order valence-corrected chi connectivity index (χ2v) is 6.74. The maximum absolute atomic E-state index is 14.1. The molecule has 1 aromatic carbocycles. The Bertz CT molecular complexity index is 879. The molecular formula is C18H19FN4O2S. The Hall–Kier alpha value is -2.58. The lowest BCUT2D eigenvalue weighted by molar-refractivity contribution is 0.0680. The van der Waals surface area contributed by atoms with E-state index in [2.05, 4.69) is 15.0 Å². The van der Waals surface area contributed by atoms with Crippen molar-refractivity contribution in [1.29, 1.82) is 0 Å². The molecule has 0 spiro atoms. The lowest BCUT2D eigenvalue weighted by Gasteiger charge is -2.21. The minimum absolute atomic E-state index is 0.269. The summed E-state index contributed by atoms with van der Waals surface area (Å²) < 4.78 is 19.2. The van der Waals surface area contributed by atoms with Gasteiger partial charge in [0.05, 0.1) is 25.0 Å². The Morgan fingerprint density at radius 2 is 2.19 bits per heavy atom. The van der Waals surface area contributed by atoms with Crippen LogP contribution in [0.25, 0.3) is 11.3 Å². The second kappa shape index (κ2) is 8.20. The summed E-state index contributed by atoms with van der Waals surface area (Å²) in [6, 6.07) is 4.29. The van der Waals surface area contributed by atoms with Crippen LogP contribution in [0, 0.1) is 12.7 Å². The number of amides is 1. The number of imidazole rings is 1. The quantitative estimate of drug-likeness (QED) is 0.689. The second-order valence-electron chi connectivity index (χ2n) is 5.76. The van der Waals surface area contributed by atoms with Crippen molar-refractivity contribution < 1.29 is 13.9 Å². The highest BCUT2D eigenvalue weighted by molar-refractivity contribution is 7.09. The lowest BCUT2D eigenvalue weighted by Crippen LogP contribution is -2.33. The molecule has 0 bridgehead atoms. The summed E-state index contributed by atoms with van der Waals surface area (Å²) in [5, 5.41) is 2.67. The topological polar surface area (TPSA) is 71.1 Å². The molecule has 2 heterocycles. The number of aryl methyl sites for hydroxylation is 1. The molecule has 6 nitrogen and oxygen atoms in total. The van der Waals surface area contributed by atoms with Gasteiger partial charge in [-0.25, -0.2) is 14.4 Å². The fourth-order valence-corrected chi connectivity index (χ4v) is 3.20. The van der Waals surface area contributed by atoms with Crippen LogP contribution in [0.4, 0.5) is 4.39 Å². The number of hydrogen-bond acceptors (Lipinski definition) is 5. The molecule has 0 atom stereocenters. The molecule has 26 heavy (non-hydrogen) atoms. The van der Waals surface area contributed by atoms with Crippen LogP contribution in [-0.2, 0) is 11.3 Å². The van der Waals surface area contributed by atoms with Gasteiger partial charge in [0.1, 0.15) is 16.6 Å². The van der Waals surface area contributed by atoms with Gasteiger partial charge in [-0.15, -0.1) is 11.3 Å². The molecule has 2 aromatic heterocycles. The number of benzene rings is 1. The largest absolute Gasteiger partial charge is 0.383 e. The summed E-state index contributed by atoms with van der Waals surface area (Å²) in [7, 11) is 1.58. The maximum atomic E-state index is 14.1. The van der Waals surface area contributed by atoms with Crippen LogP contribution in [0.2, 0.25) is 0 Å². The number of H-pyrrole nitrogens is 1. The van der Waals surface area contributed by atoms with Crippen LogP contribution in [0.15, 0.2) is 36.0 Å². The van der Waals surface area contributed by atoms with Crippen LogP contribution in [0.1, 0.15) is 21.2 Å². The third-order valence-electron chi connectivity index (χ3n) is 3.82. The number of rotatable bonds is 7. The standard InChI is InChI=1S/C18H19FN4O2S/c1-12-21-10-16(22-12)13-7-14(9-15(19)8-13)18(24)23(4-5-25-2)11-17-20-3-6-26-17/h3,6-10H,4-5,11H2,1-2H3,(H,21,22). The van der Waals surface area contributed by atoms with Gasteiger partial charge in [0.2, 0.25) is 0 Å². The number of thiazole rings is 1. The van der Waals surface area contributed by atoms with E-state index in [-0.39, 0.29) is 11.5 Å². The number of halogens is 1. The number of nitrogens with one attached hydrogen (secondary N) is 1. The van der Waals surface area contributed by atoms with E-state index >= 15 is 0 Å². The molecule has 8 heteroatoms. The number of aromatic nitrogens is 3. The molecule has 3 aromatic rings. The van der Waals surface area contributed by atoms with E-state index in [4.69, 9.17) is 4.74 Å². The molecule has 0 fully saturated rings. The van der Waals surface area contributed by atoms with E-state index in [1.165, 1.54) is 23.5 Å².